The van der Waals surface area contributed by atoms with Gasteiger partial charge in [-0.15, -0.1) is 0 Å². The predicted molar refractivity (Wildman–Crippen MR) is 315 cm³/mol. The van der Waals surface area contributed by atoms with Crippen LogP contribution in [0.15, 0.2) is 11.6 Å². The van der Waals surface area contributed by atoms with Crippen LogP contribution in [-0.2, 0) is 61.6 Å². The van der Waals surface area contributed by atoms with E-state index in [-0.39, 0.29) is 46.0 Å². The third-order valence-electron chi connectivity index (χ3n) is 24.8. The summed E-state index contributed by atoms with van der Waals surface area (Å²) in [7, 11) is 0. The van der Waals surface area contributed by atoms with E-state index < -0.39 is 221 Å². The van der Waals surface area contributed by atoms with Gasteiger partial charge in [-0.3, -0.25) is 4.79 Å². The molecule has 0 spiro atoms. The van der Waals surface area contributed by atoms with Crippen LogP contribution >= 0.6 is 0 Å². The van der Waals surface area contributed by atoms with Crippen LogP contribution in [0.3, 0.4) is 0 Å². The van der Waals surface area contributed by atoms with Crippen LogP contribution < -0.4 is 0 Å². The molecule has 30 nitrogen and oxygen atoms in total. The van der Waals surface area contributed by atoms with Gasteiger partial charge in [0.1, 0.15) is 128 Å². The Morgan fingerprint density at radius 3 is 1.71 bits per heavy atom. The van der Waals surface area contributed by atoms with Crippen LogP contribution in [0.25, 0.3) is 0 Å². The molecule has 4 saturated carbocycles. The summed E-state index contributed by atoms with van der Waals surface area (Å²) in [5, 5.41) is 183. The molecular weight excluding hydrogens is 1250 g/mol. The van der Waals surface area contributed by atoms with Gasteiger partial charge >= 0.3 is 5.97 Å². The van der Waals surface area contributed by atoms with Gasteiger partial charge in [-0.1, -0.05) is 60.1 Å². The normalized spacial score (nSPS) is 54.2. The molecule has 11 rings (SSSR count). The molecule has 0 radical (unpaired) electrons. The molecule has 36 unspecified atom stereocenters. The summed E-state index contributed by atoms with van der Waals surface area (Å²) in [6, 6.07) is 0. The number of carbonyl (C=O) groups excluding carboxylic acids is 1. The van der Waals surface area contributed by atoms with Crippen molar-refractivity contribution in [2.24, 2.45) is 50.2 Å². The highest BCUT2D eigenvalue weighted by molar-refractivity contribution is 5.79. The zero-order valence-corrected chi connectivity index (χ0v) is 54.6. The maximum absolute atomic E-state index is 15.2. The molecule has 6 heterocycles. The molecular formula is C64H104O30. The van der Waals surface area contributed by atoms with Crippen LogP contribution in [0.1, 0.15) is 120 Å². The van der Waals surface area contributed by atoms with Gasteiger partial charge in [-0.05, 0) is 116 Å². The summed E-state index contributed by atoms with van der Waals surface area (Å²) in [5.74, 6) is -0.537. The molecule has 36 atom stereocenters. The number of aliphatic hydroxyl groups is 17. The van der Waals surface area contributed by atoms with E-state index in [4.69, 9.17) is 56.8 Å². The van der Waals surface area contributed by atoms with Crippen molar-refractivity contribution >= 4 is 5.97 Å². The number of esters is 1. The molecule has 94 heavy (non-hydrogen) atoms. The zero-order valence-electron chi connectivity index (χ0n) is 54.6. The van der Waals surface area contributed by atoms with Gasteiger partial charge < -0.3 is 144 Å². The van der Waals surface area contributed by atoms with Crippen LogP contribution in [0, 0.1) is 50.2 Å². The minimum Gasteiger partial charge on any atom is -0.432 e. The molecule has 6 saturated heterocycles. The first-order valence-electron chi connectivity index (χ1n) is 33.5. The first kappa shape index (κ1) is 73.3. The Morgan fingerprint density at radius 2 is 1.05 bits per heavy atom. The van der Waals surface area contributed by atoms with E-state index in [0.29, 0.717) is 38.5 Å². The number of carbonyl (C=O) groups is 1. The van der Waals surface area contributed by atoms with E-state index in [0.717, 1.165) is 25.7 Å². The highest BCUT2D eigenvalue weighted by Crippen LogP contribution is 2.76. The zero-order chi connectivity index (χ0) is 68.4. The molecule has 0 bridgehead atoms. The number of allylic oxidation sites excluding steroid dienone is 2. The Balaban J connectivity index is 0.735. The lowest BCUT2D eigenvalue weighted by molar-refractivity contribution is -0.377. The van der Waals surface area contributed by atoms with Crippen molar-refractivity contribution in [1.82, 2.24) is 0 Å². The van der Waals surface area contributed by atoms with Crippen molar-refractivity contribution < 1.29 is 148 Å². The van der Waals surface area contributed by atoms with E-state index in [1.165, 1.54) is 12.5 Å². The Hall–Kier alpha value is -1.91. The van der Waals surface area contributed by atoms with Crippen LogP contribution in [0.4, 0.5) is 0 Å². The molecule has 30 heteroatoms. The quantitative estimate of drug-likeness (QED) is 0.0421. The molecule has 17 N–H and O–H groups in total. The van der Waals surface area contributed by atoms with Crippen LogP contribution in [0.2, 0.25) is 0 Å². The monoisotopic (exact) mass is 1350 g/mol. The Kier molecular flexibility index (Phi) is 21.4. The smallest absolute Gasteiger partial charge is 0.315 e. The molecule has 0 aromatic heterocycles. The molecule has 0 aromatic rings. The number of hydrogen-bond donors (Lipinski definition) is 17. The van der Waals surface area contributed by atoms with Gasteiger partial charge in [0.2, 0.25) is 6.29 Å². The fourth-order valence-corrected chi connectivity index (χ4v) is 18.8. The maximum Gasteiger partial charge on any atom is 0.315 e. The first-order chi connectivity index (χ1) is 44.1. The van der Waals surface area contributed by atoms with Crippen molar-refractivity contribution in [2.75, 3.05) is 33.0 Å². The van der Waals surface area contributed by atoms with Gasteiger partial charge in [-0.2, -0.15) is 0 Å². The largest absolute Gasteiger partial charge is 0.432 e. The van der Waals surface area contributed by atoms with E-state index in [2.05, 4.69) is 54.5 Å². The standard InChI is InChI=1S/C64H104O30/c1-25-36(68)51(93-53-44(76)40(72)32(24-85-53)89-55-46(78)42(74)38(70)30(21-66)88-55)49(81)57(86-25)92-50-28(67)22-83-54(48(50)80)91-35-12-13-61(6)33(60(35,4)5)11-14-63(8)34(61)10-9-26-27-19-59(2,3)15-17-64(27,18-16-62(26,63)7)58(82)94-56-47(79)43(75)39(71)31(90-56)23-84-52-45(77)41(73)37(69)29(20-65)87-52/h9,25,27-57,65-81H,10-24H2,1-8H3. The van der Waals surface area contributed by atoms with Crippen molar-refractivity contribution in [2.45, 2.75) is 298 Å². The average Bonchev–Trinajstić information content (AvgIpc) is 0.676. The second-order valence-electron chi connectivity index (χ2n) is 31.0. The summed E-state index contributed by atoms with van der Waals surface area (Å²) in [5.41, 5.74) is -1.29. The SMILES string of the molecule is CC1OC(OC2C(O)COC(OC3CCC4(C)C(CCC5(C)C4CC=C4C6CC(C)(C)CCC6(C(=O)OC6OC(COC7OC(CO)C(O)C(O)C7O)C(O)C(O)C6O)CCC45C)C3(C)C)C2O)C(O)C(OC2OCC(OC3OC(CO)C(O)C(O)C3O)C(O)C2O)C1O. The van der Waals surface area contributed by atoms with Gasteiger partial charge in [0, 0.05) is 0 Å². The molecule has 11 aliphatic rings. The summed E-state index contributed by atoms with van der Waals surface area (Å²) < 4.78 is 70.7. The van der Waals surface area contributed by atoms with Crippen molar-refractivity contribution in [3.05, 3.63) is 11.6 Å². The van der Waals surface area contributed by atoms with Crippen LogP contribution in [0.5, 0.6) is 0 Å². The fraction of sp³-hybridized carbons (Fsp3) is 0.953. The molecule has 10 fully saturated rings. The van der Waals surface area contributed by atoms with Crippen molar-refractivity contribution in [3.8, 4) is 0 Å². The molecule has 540 valence electrons. The van der Waals surface area contributed by atoms with Crippen molar-refractivity contribution in [3.63, 3.8) is 0 Å². The number of aliphatic hydroxyl groups excluding tert-OH is 17. The van der Waals surface area contributed by atoms with E-state index in [9.17, 15) is 86.8 Å². The third-order valence-corrected chi connectivity index (χ3v) is 24.8. The minimum atomic E-state index is -1.90. The molecule has 0 amide bonds. The lowest BCUT2D eigenvalue weighted by atomic mass is 9.33. The third kappa shape index (κ3) is 12.6. The maximum atomic E-state index is 15.2. The Labute approximate surface area is 545 Å². The highest BCUT2D eigenvalue weighted by atomic mass is 16.8. The fourth-order valence-electron chi connectivity index (χ4n) is 18.8. The number of ether oxygens (including phenoxy) is 12. The van der Waals surface area contributed by atoms with E-state index in [1.807, 2.05) is 0 Å². The second kappa shape index (κ2) is 27.5. The number of fused-ring (bicyclic) bond motifs is 7. The summed E-state index contributed by atoms with van der Waals surface area (Å²) in [4.78, 5) is 15.2. The number of hydrogen-bond acceptors (Lipinski definition) is 30. The van der Waals surface area contributed by atoms with E-state index in [1.54, 1.807) is 0 Å². The topological polar surface area (TPSA) is 472 Å². The van der Waals surface area contributed by atoms with Gasteiger partial charge in [-0.25, -0.2) is 0 Å². The van der Waals surface area contributed by atoms with Crippen molar-refractivity contribution in [1.29, 1.82) is 0 Å². The summed E-state index contributed by atoms with van der Waals surface area (Å²) in [6.07, 6.45) is -36.7. The number of rotatable bonds is 15. The molecule has 5 aliphatic carbocycles. The summed E-state index contributed by atoms with van der Waals surface area (Å²) in [6.45, 7) is 14.5. The van der Waals surface area contributed by atoms with Gasteiger partial charge in [0.25, 0.3) is 0 Å². The van der Waals surface area contributed by atoms with Crippen LogP contribution in [-0.4, -0.2) is 304 Å². The molecule has 0 aromatic carbocycles. The Bertz CT molecular complexity index is 2640. The average molecular weight is 1350 g/mol. The van der Waals surface area contributed by atoms with Gasteiger partial charge in [0.15, 0.2) is 31.5 Å². The summed E-state index contributed by atoms with van der Waals surface area (Å²) >= 11 is 0. The minimum absolute atomic E-state index is 0.117. The Morgan fingerprint density at radius 1 is 0.511 bits per heavy atom. The van der Waals surface area contributed by atoms with Gasteiger partial charge in [0.05, 0.1) is 50.7 Å². The lowest BCUT2D eigenvalue weighted by Crippen LogP contribution is -2.66. The predicted octanol–water partition coefficient (Wildman–Crippen LogP) is -4.08. The second-order valence-corrected chi connectivity index (χ2v) is 31.0. The highest BCUT2D eigenvalue weighted by Gasteiger charge is 2.70. The molecule has 6 aliphatic heterocycles. The first-order valence-corrected chi connectivity index (χ1v) is 33.5. The van der Waals surface area contributed by atoms with E-state index >= 15 is 4.79 Å². The lowest BCUT2D eigenvalue weighted by Gasteiger charge is -2.71.